The number of aryl methyl sites for hydroxylation is 1. The number of nitrogens with zero attached hydrogens (tertiary/aromatic N) is 1. The second-order valence-corrected chi connectivity index (χ2v) is 10.3. The monoisotopic (exact) mass is 481 g/mol. The van der Waals surface area contributed by atoms with Gasteiger partial charge in [-0.05, 0) is 79.4 Å². The first-order chi connectivity index (χ1) is 15.8. The number of ether oxygens (including phenoxy) is 4. The Labute approximate surface area is 204 Å². The van der Waals surface area contributed by atoms with Gasteiger partial charge in [0.15, 0.2) is 11.5 Å². The second-order valence-electron chi connectivity index (χ2n) is 10.3. The van der Waals surface area contributed by atoms with E-state index in [-0.39, 0.29) is 13.2 Å². The Morgan fingerprint density at radius 1 is 1.00 bits per heavy atom. The number of amides is 2. The van der Waals surface area contributed by atoms with Crippen molar-refractivity contribution in [1.29, 1.82) is 0 Å². The van der Waals surface area contributed by atoms with Crippen LogP contribution in [0.5, 0.6) is 11.5 Å². The topological polar surface area (TPSA) is 94.5 Å². The lowest BCUT2D eigenvalue weighted by Crippen LogP contribution is -2.44. The molecule has 34 heavy (non-hydrogen) atoms. The van der Waals surface area contributed by atoms with Gasteiger partial charge in [-0.1, -0.05) is 25.5 Å². The van der Waals surface area contributed by atoms with Crippen LogP contribution in [0.25, 0.3) is 0 Å². The van der Waals surface area contributed by atoms with Crippen molar-refractivity contribution in [2.24, 2.45) is 0 Å². The lowest BCUT2D eigenvalue weighted by molar-refractivity contribution is 0.00129. The molecule has 1 atom stereocenters. The summed E-state index contributed by atoms with van der Waals surface area (Å²) >= 11 is 0. The smallest absolute Gasteiger partial charge is 0.419 e. The standard InChI is InChI=1S/C26H43NO7/c1-9-10-17-31-21-15-11-13-20(22(21)32-19(2)18-28)14-12-16-27(23(29)33-25(3,4)5)24(30)34-26(6,7)8/h11,13,15,19,28H,9-10,12,14,16-18H2,1-8H3/t19-/m1/s1. The van der Waals surface area contributed by atoms with Gasteiger partial charge in [-0.15, -0.1) is 0 Å². The molecule has 0 unspecified atom stereocenters. The molecule has 0 aliphatic heterocycles. The molecule has 1 aromatic rings. The zero-order valence-electron chi connectivity index (χ0n) is 22.1. The average molecular weight is 482 g/mol. The summed E-state index contributed by atoms with van der Waals surface area (Å²) in [6.45, 7) is 14.9. The summed E-state index contributed by atoms with van der Waals surface area (Å²) in [5.74, 6) is 1.18. The largest absolute Gasteiger partial charge is 0.490 e. The van der Waals surface area contributed by atoms with Gasteiger partial charge in [-0.2, -0.15) is 0 Å². The molecule has 0 aliphatic rings. The van der Waals surface area contributed by atoms with Crippen LogP contribution in [0.3, 0.4) is 0 Å². The van der Waals surface area contributed by atoms with Crippen molar-refractivity contribution >= 4 is 12.2 Å². The van der Waals surface area contributed by atoms with Crippen LogP contribution in [0.1, 0.15) is 80.2 Å². The number of imide groups is 1. The predicted octanol–water partition coefficient (Wildman–Crippen LogP) is 5.73. The zero-order chi connectivity index (χ0) is 25.9. The Morgan fingerprint density at radius 3 is 2.09 bits per heavy atom. The lowest BCUT2D eigenvalue weighted by atomic mass is 10.1. The maximum Gasteiger partial charge on any atom is 0.419 e. The molecule has 1 rings (SSSR count). The van der Waals surface area contributed by atoms with E-state index in [2.05, 4.69) is 6.92 Å². The van der Waals surface area contributed by atoms with Crippen molar-refractivity contribution in [1.82, 2.24) is 4.90 Å². The van der Waals surface area contributed by atoms with Crippen molar-refractivity contribution in [2.75, 3.05) is 19.8 Å². The van der Waals surface area contributed by atoms with Crippen molar-refractivity contribution in [2.45, 2.75) is 98.4 Å². The number of hydrogen-bond donors (Lipinski definition) is 1. The first-order valence-corrected chi connectivity index (χ1v) is 12.0. The number of carbonyl (C=O) groups is 2. The highest BCUT2D eigenvalue weighted by molar-refractivity contribution is 5.88. The van der Waals surface area contributed by atoms with E-state index in [0.717, 1.165) is 23.3 Å². The van der Waals surface area contributed by atoms with Crippen molar-refractivity contribution in [3.8, 4) is 11.5 Å². The highest BCUT2D eigenvalue weighted by Crippen LogP contribution is 2.33. The number of benzene rings is 1. The van der Waals surface area contributed by atoms with Gasteiger partial charge in [0.2, 0.25) is 0 Å². The molecule has 0 aliphatic carbocycles. The molecule has 0 bridgehead atoms. The van der Waals surface area contributed by atoms with Crippen LogP contribution in [-0.2, 0) is 15.9 Å². The number of aliphatic hydroxyl groups is 1. The van der Waals surface area contributed by atoms with E-state index in [1.807, 2.05) is 18.2 Å². The molecule has 0 heterocycles. The molecule has 8 heteroatoms. The molecular weight excluding hydrogens is 438 g/mol. The maximum absolute atomic E-state index is 12.7. The summed E-state index contributed by atoms with van der Waals surface area (Å²) in [4.78, 5) is 26.4. The van der Waals surface area contributed by atoms with Crippen LogP contribution >= 0.6 is 0 Å². The van der Waals surface area contributed by atoms with E-state index in [1.165, 1.54) is 0 Å². The molecule has 0 fully saturated rings. The van der Waals surface area contributed by atoms with Crippen LogP contribution in [0.4, 0.5) is 9.59 Å². The summed E-state index contributed by atoms with van der Waals surface area (Å²) in [7, 11) is 0. The third kappa shape index (κ3) is 11.1. The summed E-state index contributed by atoms with van der Waals surface area (Å²) in [5, 5.41) is 9.47. The Hall–Kier alpha value is -2.48. The molecule has 0 radical (unpaired) electrons. The lowest BCUT2D eigenvalue weighted by Gasteiger charge is -2.28. The summed E-state index contributed by atoms with van der Waals surface area (Å²) in [6, 6.07) is 5.64. The average Bonchev–Trinajstić information content (AvgIpc) is 2.70. The van der Waals surface area contributed by atoms with Gasteiger partial charge >= 0.3 is 12.2 Å². The quantitative estimate of drug-likeness (QED) is 0.403. The van der Waals surface area contributed by atoms with E-state index in [1.54, 1.807) is 48.5 Å². The molecule has 1 N–H and O–H groups in total. The van der Waals surface area contributed by atoms with Gasteiger partial charge in [0.05, 0.1) is 13.2 Å². The second kappa shape index (κ2) is 13.4. The highest BCUT2D eigenvalue weighted by atomic mass is 16.6. The van der Waals surface area contributed by atoms with Gasteiger partial charge in [-0.25, -0.2) is 14.5 Å². The molecule has 0 spiro atoms. The first-order valence-electron chi connectivity index (χ1n) is 12.0. The molecule has 0 saturated carbocycles. The number of aliphatic hydroxyl groups excluding tert-OH is 1. The fraction of sp³-hybridized carbons (Fsp3) is 0.692. The van der Waals surface area contributed by atoms with Crippen LogP contribution in [0, 0.1) is 0 Å². The minimum Gasteiger partial charge on any atom is -0.490 e. The van der Waals surface area contributed by atoms with Gasteiger partial charge in [0.25, 0.3) is 0 Å². The number of para-hydroxylation sites is 1. The fourth-order valence-corrected chi connectivity index (χ4v) is 2.89. The Morgan fingerprint density at radius 2 is 1.59 bits per heavy atom. The van der Waals surface area contributed by atoms with Gasteiger partial charge in [0, 0.05) is 6.54 Å². The van der Waals surface area contributed by atoms with Gasteiger partial charge in [0.1, 0.15) is 17.3 Å². The highest BCUT2D eigenvalue weighted by Gasteiger charge is 2.31. The van der Waals surface area contributed by atoms with Gasteiger partial charge < -0.3 is 24.1 Å². The van der Waals surface area contributed by atoms with E-state index < -0.39 is 29.5 Å². The van der Waals surface area contributed by atoms with Crippen molar-refractivity contribution < 1.29 is 33.6 Å². The predicted molar refractivity (Wildman–Crippen MR) is 132 cm³/mol. The van der Waals surface area contributed by atoms with Crippen LogP contribution in [0.15, 0.2) is 18.2 Å². The third-order valence-electron chi connectivity index (χ3n) is 4.45. The van der Waals surface area contributed by atoms with Gasteiger partial charge in [-0.3, -0.25) is 0 Å². The number of unbranched alkanes of at least 4 members (excludes halogenated alkanes) is 1. The van der Waals surface area contributed by atoms with Crippen LogP contribution < -0.4 is 9.47 Å². The van der Waals surface area contributed by atoms with E-state index in [9.17, 15) is 14.7 Å². The van der Waals surface area contributed by atoms with Crippen LogP contribution in [-0.4, -0.2) is 59.3 Å². The molecule has 0 saturated heterocycles. The molecule has 0 aromatic heterocycles. The fourth-order valence-electron chi connectivity index (χ4n) is 2.89. The first kappa shape index (κ1) is 29.6. The third-order valence-corrected chi connectivity index (χ3v) is 4.45. The number of rotatable bonds is 11. The minimum atomic E-state index is -0.747. The molecular formula is C26H43NO7. The van der Waals surface area contributed by atoms with E-state index >= 15 is 0 Å². The van der Waals surface area contributed by atoms with E-state index in [0.29, 0.717) is 30.9 Å². The zero-order valence-corrected chi connectivity index (χ0v) is 22.1. The summed E-state index contributed by atoms with van der Waals surface area (Å²) in [6.07, 6.45) is 0.997. The Balaban J connectivity index is 3.04. The van der Waals surface area contributed by atoms with Crippen molar-refractivity contribution in [3.05, 3.63) is 23.8 Å². The summed E-state index contributed by atoms with van der Waals surface area (Å²) in [5.41, 5.74) is -0.631. The number of hydrogen-bond acceptors (Lipinski definition) is 7. The van der Waals surface area contributed by atoms with Crippen LogP contribution in [0.2, 0.25) is 0 Å². The summed E-state index contributed by atoms with van der Waals surface area (Å²) < 4.78 is 22.7. The van der Waals surface area contributed by atoms with Crippen molar-refractivity contribution in [3.63, 3.8) is 0 Å². The molecule has 1 aromatic carbocycles. The molecule has 8 nitrogen and oxygen atoms in total. The minimum absolute atomic E-state index is 0.111. The Bertz CT molecular complexity index is 752. The Kier molecular flexibility index (Phi) is 11.7. The molecule has 194 valence electrons. The SMILES string of the molecule is CCCCOc1cccc(CCCN(C(=O)OC(C)(C)C)C(=O)OC(C)(C)C)c1O[C@H](C)CO. The molecule has 2 amide bonds. The van der Waals surface area contributed by atoms with E-state index in [4.69, 9.17) is 18.9 Å². The maximum atomic E-state index is 12.7. The number of carbonyl (C=O) groups excluding carboxylic acids is 2. The normalized spacial score (nSPS) is 12.6.